The molecule has 0 aliphatic heterocycles. The molecule has 2 aromatic rings. The van der Waals surface area contributed by atoms with E-state index in [4.69, 9.17) is 10.5 Å². The largest absolute Gasteiger partial charge is 0.497 e. The molecule has 0 fully saturated rings. The third kappa shape index (κ3) is 1.93. The van der Waals surface area contributed by atoms with Gasteiger partial charge in [0.05, 0.1) is 7.11 Å². The van der Waals surface area contributed by atoms with Gasteiger partial charge in [0.25, 0.3) is 0 Å². The van der Waals surface area contributed by atoms with Crippen LogP contribution in [0.2, 0.25) is 0 Å². The van der Waals surface area contributed by atoms with Crippen molar-refractivity contribution < 1.29 is 4.74 Å². The highest BCUT2D eigenvalue weighted by Crippen LogP contribution is 2.23. The molecule has 0 radical (unpaired) electrons. The molecule has 0 amide bonds. The lowest BCUT2D eigenvalue weighted by Gasteiger charge is -2.04. The van der Waals surface area contributed by atoms with Crippen LogP contribution in [0.4, 0.5) is 5.82 Å². The van der Waals surface area contributed by atoms with Crippen molar-refractivity contribution in [2.24, 2.45) is 0 Å². The van der Waals surface area contributed by atoms with E-state index in [0.29, 0.717) is 17.3 Å². The first-order chi connectivity index (χ1) is 7.70. The Hall–Kier alpha value is -2.17. The SMILES string of the molecule is COc1ccc(-c2nnc(C)nc2N)cc1. The zero-order valence-electron chi connectivity index (χ0n) is 9.14. The number of hydrogen-bond donors (Lipinski definition) is 1. The molecule has 0 saturated carbocycles. The molecule has 2 N–H and O–H groups in total. The van der Waals surface area contributed by atoms with Gasteiger partial charge in [-0.1, -0.05) is 0 Å². The van der Waals surface area contributed by atoms with E-state index in [9.17, 15) is 0 Å². The van der Waals surface area contributed by atoms with Crippen LogP contribution in [0.15, 0.2) is 24.3 Å². The molecule has 1 heterocycles. The monoisotopic (exact) mass is 216 g/mol. The normalized spacial score (nSPS) is 10.1. The summed E-state index contributed by atoms with van der Waals surface area (Å²) in [5.74, 6) is 1.74. The summed E-state index contributed by atoms with van der Waals surface area (Å²) in [5, 5.41) is 7.91. The van der Waals surface area contributed by atoms with E-state index in [1.807, 2.05) is 24.3 Å². The summed E-state index contributed by atoms with van der Waals surface area (Å²) in [7, 11) is 1.62. The third-order valence-corrected chi connectivity index (χ3v) is 2.18. The van der Waals surface area contributed by atoms with Crippen LogP contribution >= 0.6 is 0 Å². The van der Waals surface area contributed by atoms with Crippen molar-refractivity contribution in [1.82, 2.24) is 15.2 Å². The number of methoxy groups -OCH3 is 1. The number of aryl methyl sites for hydroxylation is 1. The van der Waals surface area contributed by atoms with Gasteiger partial charge in [-0.25, -0.2) is 4.98 Å². The highest BCUT2D eigenvalue weighted by Gasteiger charge is 2.06. The van der Waals surface area contributed by atoms with Crippen molar-refractivity contribution >= 4 is 5.82 Å². The summed E-state index contributed by atoms with van der Waals surface area (Å²) >= 11 is 0. The topological polar surface area (TPSA) is 73.9 Å². The minimum Gasteiger partial charge on any atom is -0.497 e. The van der Waals surface area contributed by atoms with Gasteiger partial charge in [0, 0.05) is 5.56 Å². The molecule has 5 heteroatoms. The second kappa shape index (κ2) is 4.14. The molecule has 0 aliphatic rings. The number of benzene rings is 1. The zero-order chi connectivity index (χ0) is 11.5. The van der Waals surface area contributed by atoms with Crippen molar-refractivity contribution in [1.29, 1.82) is 0 Å². The van der Waals surface area contributed by atoms with Crippen LogP contribution in [0.25, 0.3) is 11.3 Å². The van der Waals surface area contributed by atoms with Crippen LogP contribution in [-0.2, 0) is 0 Å². The molecule has 2 rings (SSSR count). The Morgan fingerprint density at radius 2 is 1.81 bits per heavy atom. The summed E-state index contributed by atoms with van der Waals surface area (Å²) in [6, 6.07) is 7.43. The Bertz CT molecular complexity index is 496. The predicted octanol–water partition coefficient (Wildman–Crippen LogP) is 1.44. The molecule has 0 bridgehead atoms. The van der Waals surface area contributed by atoms with Gasteiger partial charge in [0.1, 0.15) is 17.3 Å². The molecule has 0 aliphatic carbocycles. The number of nitrogens with two attached hydrogens (primary N) is 1. The van der Waals surface area contributed by atoms with E-state index in [0.717, 1.165) is 11.3 Å². The second-order valence-corrected chi connectivity index (χ2v) is 3.32. The van der Waals surface area contributed by atoms with E-state index in [1.54, 1.807) is 14.0 Å². The summed E-state index contributed by atoms with van der Waals surface area (Å²) < 4.78 is 5.07. The first-order valence-corrected chi connectivity index (χ1v) is 4.82. The van der Waals surface area contributed by atoms with Crippen molar-refractivity contribution in [2.75, 3.05) is 12.8 Å². The fourth-order valence-electron chi connectivity index (χ4n) is 1.38. The fourth-order valence-corrected chi connectivity index (χ4v) is 1.38. The van der Waals surface area contributed by atoms with Crippen LogP contribution in [0, 0.1) is 6.92 Å². The smallest absolute Gasteiger partial charge is 0.154 e. The molecule has 0 atom stereocenters. The summed E-state index contributed by atoms with van der Waals surface area (Å²) in [6.07, 6.45) is 0. The fraction of sp³-hybridized carbons (Fsp3) is 0.182. The lowest BCUT2D eigenvalue weighted by molar-refractivity contribution is 0.415. The lowest BCUT2D eigenvalue weighted by atomic mass is 10.1. The Morgan fingerprint density at radius 1 is 1.12 bits per heavy atom. The van der Waals surface area contributed by atoms with Crippen molar-refractivity contribution in [3.63, 3.8) is 0 Å². The van der Waals surface area contributed by atoms with Gasteiger partial charge in [0.15, 0.2) is 5.82 Å². The van der Waals surface area contributed by atoms with E-state index in [2.05, 4.69) is 15.2 Å². The van der Waals surface area contributed by atoms with Crippen LogP contribution in [-0.4, -0.2) is 22.3 Å². The van der Waals surface area contributed by atoms with Gasteiger partial charge >= 0.3 is 0 Å². The number of aromatic nitrogens is 3. The predicted molar refractivity (Wildman–Crippen MR) is 61.0 cm³/mol. The molecule has 5 nitrogen and oxygen atoms in total. The maximum atomic E-state index is 5.78. The highest BCUT2D eigenvalue weighted by atomic mass is 16.5. The molecule has 1 aromatic heterocycles. The van der Waals surface area contributed by atoms with Gasteiger partial charge < -0.3 is 10.5 Å². The molecular formula is C11H12N4O. The molecule has 0 spiro atoms. The van der Waals surface area contributed by atoms with Gasteiger partial charge in [0.2, 0.25) is 0 Å². The van der Waals surface area contributed by atoms with Crippen LogP contribution in [0.1, 0.15) is 5.82 Å². The first kappa shape index (κ1) is 10.4. The Balaban J connectivity index is 2.42. The van der Waals surface area contributed by atoms with E-state index < -0.39 is 0 Å². The Labute approximate surface area is 93.3 Å². The van der Waals surface area contributed by atoms with Gasteiger partial charge in [-0.3, -0.25) is 0 Å². The lowest BCUT2D eigenvalue weighted by Crippen LogP contribution is -2.01. The molecule has 1 aromatic carbocycles. The number of ether oxygens (including phenoxy) is 1. The number of anilines is 1. The van der Waals surface area contributed by atoms with Crippen molar-refractivity contribution in [2.45, 2.75) is 6.92 Å². The van der Waals surface area contributed by atoms with Crippen LogP contribution in [0.5, 0.6) is 5.75 Å². The number of hydrogen-bond acceptors (Lipinski definition) is 5. The van der Waals surface area contributed by atoms with Gasteiger partial charge in [-0.15, -0.1) is 10.2 Å². The minimum atomic E-state index is 0.387. The average molecular weight is 216 g/mol. The highest BCUT2D eigenvalue weighted by molar-refractivity contribution is 5.69. The van der Waals surface area contributed by atoms with Gasteiger partial charge in [-0.05, 0) is 31.2 Å². The summed E-state index contributed by atoms with van der Waals surface area (Å²) in [6.45, 7) is 1.75. The molecule has 0 unspecified atom stereocenters. The molecule has 16 heavy (non-hydrogen) atoms. The summed E-state index contributed by atoms with van der Waals surface area (Å²) in [5.41, 5.74) is 7.24. The summed E-state index contributed by atoms with van der Waals surface area (Å²) in [4.78, 5) is 4.07. The second-order valence-electron chi connectivity index (χ2n) is 3.32. The number of rotatable bonds is 2. The zero-order valence-corrected chi connectivity index (χ0v) is 9.14. The number of nitrogens with zero attached hydrogens (tertiary/aromatic N) is 3. The maximum Gasteiger partial charge on any atom is 0.154 e. The maximum absolute atomic E-state index is 5.78. The van der Waals surface area contributed by atoms with Crippen LogP contribution in [0.3, 0.4) is 0 Å². The van der Waals surface area contributed by atoms with Crippen LogP contribution < -0.4 is 10.5 Å². The quantitative estimate of drug-likeness (QED) is 0.822. The minimum absolute atomic E-state index is 0.387. The molecule has 82 valence electrons. The average Bonchev–Trinajstić information content (AvgIpc) is 2.29. The van der Waals surface area contributed by atoms with Crippen molar-refractivity contribution in [3.05, 3.63) is 30.1 Å². The van der Waals surface area contributed by atoms with Gasteiger partial charge in [-0.2, -0.15) is 0 Å². The Morgan fingerprint density at radius 3 is 2.38 bits per heavy atom. The third-order valence-electron chi connectivity index (χ3n) is 2.18. The van der Waals surface area contributed by atoms with E-state index in [1.165, 1.54) is 0 Å². The standard InChI is InChI=1S/C11H12N4O/c1-7-13-11(12)10(15-14-7)8-3-5-9(16-2)6-4-8/h3-6H,1-2H3,(H2,12,13,14). The molecular weight excluding hydrogens is 204 g/mol. The Kier molecular flexibility index (Phi) is 2.68. The van der Waals surface area contributed by atoms with E-state index in [-0.39, 0.29) is 0 Å². The van der Waals surface area contributed by atoms with Crippen molar-refractivity contribution in [3.8, 4) is 17.0 Å². The van der Waals surface area contributed by atoms with E-state index >= 15 is 0 Å². The number of nitrogen functional groups attached to an aromatic ring is 1. The molecule has 0 saturated heterocycles. The first-order valence-electron chi connectivity index (χ1n) is 4.82.